The molecule has 10 heterocycles. The Morgan fingerprint density at radius 3 is 0.348 bits per heavy atom. The van der Waals surface area contributed by atoms with E-state index in [0.717, 1.165) is 186 Å². The number of amides is 4. The maximum absolute atomic E-state index is 17.7. The van der Waals surface area contributed by atoms with Crippen molar-refractivity contribution in [3.8, 4) is 56.6 Å². The monoisotopic (exact) mass is 1760 g/mol. The lowest BCUT2D eigenvalue weighted by molar-refractivity contribution is 0.0910. The molecule has 138 heavy (non-hydrogen) atoms. The van der Waals surface area contributed by atoms with Gasteiger partial charge < -0.3 is 36.5 Å². The van der Waals surface area contributed by atoms with E-state index in [-0.39, 0.29) is 22.3 Å². The first-order valence-electron chi connectivity index (χ1n) is 46.7. The number of carbonyl (C=O) groups is 4. The average Bonchev–Trinajstić information content (AvgIpc) is 1.50. The van der Waals surface area contributed by atoms with Gasteiger partial charge in [-0.15, -0.1) is 0 Å². The molecule has 2 aliphatic heterocycles. The van der Waals surface area contributed by atoms with E-state index in [1.54, 1.807) is 0 Å². The Morgan fingerprint density at radius 1 is 0.116 bits per heavy atom. The lowest BCUT2D eigenvalue weighted by Gasteiger charge is -2.28. The summed E-state index contributed by atoms with van der Waals surface area (Å²) in [6.45, 7) is 0. The fraction of sp³-hybridized carbons (Fsp3) is 0. The van der Waals surface area contributed by atoms with E-state index in [1.807, 2.05) is 48.5 Å². The van der Waals surface area contributed by atoms with Crippen molar-refractivity contribution in [2.75, 3.05) is 9.80 Å². The fourth-order valence-corrected chi connectivity index (χ4v) is 24.0. The summed E-state index contributed by atoms with van der Waals surface area (Å²) in [5.74, 6) is -2.02. The van der Waals surface area contributed by atoms with Crippen LogP contribution in [0.1, 0.15) is 41.4 Å². The quantitative estimate of drug-likeness (QED) is 0.120. The lowest BCUT2D eigenvalue weighted by Crippen LogP contribution is -2.29. The van der Waals surface area contributed by atoms with Crippen molar-refractivity contribution in [2.24, 2.45) is 0 Å². The maximum Gasteiger partial charge on any atom is 0.268 e. The lowest BCUT2D eigenvalue weighted by atomic mass is 9.98. The van der Waals surface area contributed by atoms with E-state index < -0.39 is 23.6 Å². The summed E-state index contributed by atoms with van der Waals surface area (Å²) in [6, 6.07) is 151. The molecule has 0 saturated carbocycles. The second-order valence-corrected chi connectivity index (χ2v) is 36.2. The minimum absolute atomic E-state index is 0.229. The highest BCUT2D eigenvalue weighted by molar-refractivity contribution is 6.40. The number of hydrogen-bond acceptors (Lipinski definition) is 4. The Kier molecular flexibility index (Phi) is 15.5. The van der Waals surface area contributed by atoms with Gasteiger partial charge in [-0.25, -0.2) is 9.80 Å². The summed E-state index contributed by atoms with van der Waals surface area (Å²) in [5.41, 5.74) is 22.0. The number of anilines is 2. The Labute approximate surface area is 785 Å². The molecule has 0 N–H and O–H groups in total. The standard InChI is InChI=1S/C124H72N10O4/c135-121-109-110(114(128-95-51-19-3-35-79(95)80-36-4-20-52-96(80)128)118(132-103-59-27-11-43-87(103)88-44-12-28-60-104(88)132)117(131-101-57-25-9-41-85(101)86-42-10-26-58-102(86)131)113(109)127-93-49-17-1-33-77(93)78-34-2-18-50-94(78)127)122(136)125(121)75-69-65-73(66-70-75)74-67-71-76(72-68-74)126-123(137)111-112(124(126)138)116(130-99-55-23-7-39-83(99)84-40-8-24-56-100(84)130)120(134-107-63-31-15-47-91(107)92-48-16-32-64-108(92)134)119(133-105-61-29-13-45-89(105)90-46-14-30-62-106(90)133)115(111)129-97-53-21-5-37-81(97)82-38-6-22-54-98(82)129/h1-72H. The van der Waals surface area contributed by atoms with Crippen LogP contribution in [0.25, 0.3) is 231 Å². The predicted octanol–water partition coefficient (Wildman–Crippen LogP) is 29.7. The molecule has 30 rings (SSSR count). The third-order valence-electron chi connectivity index (χ3n) is 29.5. The van der Waals surface area contributed by atoms with E-state index in [1.165, 1.54) is 9.80 Å². The second kappa shape index (κ2) is 28.3. The van der Waals surface area contributed by atoms with Gasteiger partial charge in [0.05, 0.1) is 167 Å². The van der Waals surface area contributed by atoms with Crippen LogP contribution in [-0.4, -0.2) is 60.2 Å². The normalized spacial score (nSPS) is 13.1. The SMILES string of the molecule is O=C1c2c(c(-n3c4ccccc4c4ccccc43)c(-n3c4ccccc4c4ccccc43)c(-n3c4ccccc4c4ccccc43)c2-n2c3ccccc3c3ccccc32)C(=O)N1c1ccc(-c2ccc(N3C(=O)c4c(c(-n5c6ccccc6c6ccccc65)c(-n5c6ccccc6c6ccccc65)c(-n5c6ccccc6c6ccccc65)c4-n4c5ccccc5c5ccccc54)C3=O)cc2)cc1. The van der Waals surface area contributed by atoms with Crippen LogP contribution in [0.2, 0.25) is 0 Å². The topological polar surface area (TPSA) is 114 Å². The van der Waals surface area contributed by atoms with E-state index in [9.17, 15) is 0 Å². The largest absolute Gasteiger partial charge is 0.306 e. The van der Waals surface area contributed by atoms with Crippen molar-refractivity contribution < 1.29 is 19.2 Å². The summed E-state index contributed by atoms with van der Waals surface area (Å²) >= 11 is 0. The molecular weight excluding hydrogens is 1690 g/mol. The van der Waals surface area contributed by atoms with Crippen LogP contribution in [0.3, 0.4) is 0 Å². The van der Waals surface area contributed by atoms with Crippen LogP contribution in [0, 0.1) is 0 Å². The van der Waals surface area contributed by atoms with E-state index >= 15 is 19.2 Å². The number of benzene rings is 20. The van der Waals surface area contributed by atoms with Crippen LogP contribution >= 0.6 is 0 Å². The van der Waals surface area contributed by atoms with Crippen molar-refractivity contribution in [3.63, 3.8) is 0 Å². The molecule has 20 aromatic carbocycles. The maximum atomic E-state index is 17.7. The number of fused-ring (bicyclic) bond motifs is 26. The van der Waals surface area contributed by atoms with E-state index in [2.05, 4.69) is 425 Å². The number of para-hydroxylation sites is 16. The fourth-order valence-electron chi connectivity index (χ4n) is 24.0. The van der Waals surface area contributed by atoms with Gasteiger partial charge in [-0.1, -0.05) is 315 Å². The second-order valence-electron chi connectivity index (χ2n) is 36.2. The van der Waals surface area contributed by atoms with Gasteiger partial charge in [0.1, 0.15) is 0 Å². The molecule has 0 bridgehead atoms. The molecule has 0 spiro atoms. The van der Waals surface area contributed by atoms with E-state index in [4.69, 9.17) is 0 Å². The van der Waals surface area contributed by atoms with Crippen molar-refractivity contribution in [2.45, 2.75) is 0 Å². The first-order chi connectivity index (χ1) is 68.3. The molecule has 0 unspecified atom stereocenters. The summed E-state index contributed by atoms with van der Waals surface area (Å²) in [4.78, 5) is 73.8. The first-order valence-corrected chi connectivity index (χ1v) is 46.7. The predicted molar refractivity (Wildman–Crippen MR) is 562 cm³/mol. The van der Waals surface area contributed by atoms with Crippen molar-refractivity contribution >= 4 is 209 Å². The summed E-state index contributed by atoms with van der Waals surface area (Å²) in [5, 5.41) is 15.9. The van der Waals surface area contributed by atoms with Gasteiger partial charge in [0.25, 0.3) is 23.6 Å². The van der Waals surface area contributed by atoms with Crippen molar-refractivity contribution in [1.82, 2.24) is 36.5 Å². The molecule has 0 aliphatic carbocycles. The van der Waals surface area contributed by atoms with Gasteiger partial charge in [-0.3, -0.25) is 19.2 Å². The number of nitrogens with zero attached hydrogens (tertiary/aromatic N) is 10. The Hall–Kier alpha value is -18.9. The molecule has 642 valence electrons. The minimum atomic E-state index is -0.505. The third kappa shape index (κ3) is 10.0. The van der Waals surface area contributed by atoms with Gasteiger partial charge in [0, 0.05) is 86.2 Å². The number of imide groups is 2. The van der Waals surface area contributed by atoms with Crippen LogP contribution in [-0.2, 0) is 0 Å². The van der Waals surface area contributed by atoms with Crippen LogP contribution < -0.4 is 9.80 Å². The van der Waals surface area contributed by atoms with Gasteiger partial charge >= 0.3 is 0 Å². The van der Waals surface area contributed by atoms with Gasteiger partial charge in [-0.05, 0) is 132 Å². The zero-order valence-electron chi connectivity index (χ0n) is 73.7. The first kappa shape index (κ1) is 75.7. The number of rotatable bonds is 11. The Bertz CT molecular complexity index is 8820. The highest BCUT2D eigenvalue weighted by Gasteiger charge is 2.50. The zero-order chi connectivity index (χ0) is 90.7. The molecule has 14 nitrogen and oxygen atoms in total. The molecule has 0 atom stereocenters. The third-order valence-corrected chi connectivity index (χ3v) is 29.5. The molecular formula is C124H72N10O4. The molecule has 8 aromatic heterocycles. The average molecular weight is 1770 g/mol. The molecule has 0 fully saturated rings. The van der Waals surface area contributed by atoms with Crippen LogP contribution in [0.15, 0.2) is 437 Å². The Balaban J connectivity index is 0.649. The summed E-state index contributed by atoms with van der Waals surface area (Å²) in [7, 11) is 0. The van der Waals surface area contributed by atoms with Gasteiger partial charge in [0.15, 0.2) is 0 Å². The molecule has 0 saturated heterocycles. The number of carbonyl (C=O) groups excluding carboxylic acids is 4. The molecule has 2 aliphatic rings. The number of hydrogen-bond donors (Lipinski definition) is 0. The summed E-state index contributed by atoms with van der Waals surface area (Å²) in [6.07, 6.45) is 0. The zero-order valence-corrected chi connectivity index (χ0v) is 73.7. The van der Waals surface area contributed by atoms with Crippen molar-refractivity contribution in [3.05, 3.63) is 459 Å². The highest BCUT2D eigenvalue weighted by Crippen LogP contribution is 2.56. The van der Waals surface area contributed by atoms with Gasteiger partial charge in [0.2, 0.25) is 0 Å². The molecule has 4 amide bonds. The molecule has 28 aromatic rings. The van der Waals surface area contributed by atoms with E-state index in [0.29, 0.717) is 56.9 Å². The molecule has 0 radical (unpaired) electrons. The van der Waals surface area contributed by atoms with Gasteiger partial charge in [-0.2, -0.15) is 0 Å². The number of aromatic nitrogens is 8. The van der Waals surface area contributed by atoms with Crippen molar-refractivity contribution in [1.29, 1.82) is 0 Å². The van der Waals surface area contributed by atoms with Crippen LogP contribution in [0.5, 0.6) is 0 Å². The highest BCUT2D eigenvalue weighted by atomic mass is 16.2. The minimum Gasteiger partial charge on any atom is -0.306 e. The molecule has 14 heteroatoms. The smallest absolute Gasteiger partial charge is 0.268 e. The Morgan fingerprint density at radius 2 is 0.225 bits per heavy atom. The van der Waals surface area contributed by atoms with Crippen LogP contribution in [0.4, 0.5) is 11.4 Å². The summed E-state index contributed by atoms with van der Waals surface area (Å²) < 4.78 is 18.4.